The van der Waals surface area contributed by atoms with Crippen molar-refractivity contribution in [3.05, 3.63) is 79.0 Å². The summed E-state index contributed by atoms with van der Waals surface area (Å²) >= 11 is 0. The van der Waals surface area contributed by atoms with Crippen LogP contribution in [0.25, 0.3) is 16.9 Å². The summed E-state index contributed by atoms with van der Waals surface area (Å²) in [4.78, 5) is 4.97. The Hall–Kier alpha value is -3.32. The first-order valence-electron chi connectivity index (χ1n) is 11.3. The van der Waals surface area contributed by atoms with E-state index in [9.17, 15) is 8.42 Å². The minimum atomic E-state index is -3.89. The lowest BCUT2D eigenvalue weighted by Gasteiger charge is -2.34. The highest BCUT2D eigenvalue weighted by Gasteiger charge is 2.28. The molecule has 34 heavy (non-hydrogen) atoms. The standard InChI is InChI=1S/C27H31N3O3S/c1-26(2,3)19-27(4,5)29-25-24(28-23-13-9-10-18-30(23)25)20-14-16-21(17-15-20)33-34(31,32)22-11-7-6-8-12-22/h6-18,29H,19H2,1-5H3. The molecule has 4 aromatic rings. The van der Waals surface area contributed by atoms with Crippen molar-refractivity contribution in [3.8, 4) is 17.0 Å². The molecule has 6 nitrogen and oxygen atoms in total. The average Bonchev–Trinajstić information content (AvgIpc) is 3.11. The van der Waals surface area contributed by atoms with Crippen molar-refractivity contribution in [1.82, 2.24) is 9.38 Å². The van der Waals surface area contributed by atoms with E-state index in [4.69, 9.17) is 9.17 Å². The normalized spacial score (nSPS) is 12.6. The van der Waals surface area contributed by atoms with Gasteiger partial charge in [0.25, 0.3) is 0 Å². The van der Waals surface area contributed by atoms with E-state index >= 15 is 0 Å². The fourth-order valence-corrected chi connectivity index (χ4v) is 5.39. The Labute approximate surface area is 201 Å². The zero-order valence-corrected chi connectivity index (χ0v) is 21.1. The van der Waals surface area contributed by atoms with Crippen LogP contribution in [0.4, 0.5) is 5.82 Å². The van der Waals surface area contributed by atoms with Crippen LogP contribution in [0.3, 0.4) is 0 Å². The number of nitrogens with one attached hydrogen (secondary N) is 1. The van der Waals surface area contributed by atoms with Gasteiger partial charge in [-0.25, -0.2) is 4.98 Å². The third-order valence-corrected chi connectivity index (χ3v) is 6.59. The molecule has 0 saturated carbocycles. The molecular formula is C27H31N3O3S. The molecule has 0 aliphatic heterocycles. The summed E-state index contributed by atoms with van der Waals surface area (Å²) < 4.78 is 32.5. The van der Waals surface area contributed by atoms with Crippen molar-refractivity contribution >= 4 is 21.6 Å². The van der Waals surface area contributed by atoms with Gasteiger partial charge in [-0.2, -0.15) is 8.42 Å². The first kappa shape index (κ1) is 23.8. The van der Waals surface area contributed by atoms with Crippen LogP contribution in [0.1, 0.15) is 41.0 Å². The van der Waals surface area contributed by atoms with Gasteiger partial charge in [-0.1, -0.05) is 45.0 Å². The van der Waals surface area contributed by atoms with Crippen molar-refractivity contribution in [1.29, 1.82) is 0 Å². The first-order valence-corrected chi connectivity index (χ1v) is 12.7. The second kappa shape index (κ2) is 8.80. The maximum absolute atomic E-state index is 12.6. The molecule has 4 rings (SSSR count). The third kappa shape index (κ3) is 5.42. The van der Waals surface area contributed by atoms with Crippen molar-refractivity contribution in [2.45, 2.75) is 51.5 Å². The van der Waals surface area contributed by atoms with Gasteiger partial charge in [0.2, 0.25) is 0 Å². The molecule has 1 N–H and O–H groups in total. The second-order valence-electron chi connectivity index (χ2n) is 10.4. The van der Waals surface area contributed by atoms with Crippen LogP contribution in [0.15, 0.2) is 83.9 Å². The quantitative estimate of drug-likeness (QED) is 0.312. The number of pyridine rings is 1. The van der Waals surface area contributed by atoms with E-state index in [1.807, 2.05) is 40.9 Å². The molecule has 0 unspecified atom stereocenters. The fraction of sp³-hybridized carbons (Fsp3) is 0.296. The first-order chi connectivity index (χ1) is 15.9. The Morgan fingerprint density at radius 2 is 1.53 bits per heavy atom. The molecule has 0 saturated heterocycles. The molecule has 2 heterocycles. The smallest absolute Gasteiger partial charge is 0.339 e. The molecule has 2 aromatic carbocycles. The van der Waals surface area contributed by atoms with Crippen molar-refractivity contribution in [2.75, 3.05) is 5.32 Å². The second-order valence-corrected chi connectivity index (χ2v) is 11.9. The third-order valence-electron chi connectivity index (χ3n) is 5.32. The number of nitrogens with zero attached hydrogens (tertiary/aromatic N) is 2. The monoisotopic (exact) mass is 477 g/mol. The van der Waals surface area contributed by atoms with Gasteiger partial charge in [-0.3, -0.25) is 4.40 Å². The largest absolute Gasteiger partial charge is 0.379 e. The van der Waals surface area contributed by atoms with Crippen LogP contribution in [-0.4, -0.2) is 23.3 Å². The zero-order chi connectivity index (χ0) is 24.6. The summed E-state index contributed by atoms with van der Waals surface area (Å²) in [6.07, 6.45) is 2.95. The molecule has 0 radical (unpaired) electrons. The van der Waals surface area contributed by atoms with Gasteiger partial charge in [0.15, 0.2) is 0 Å². The Kier molecular flexibility index (Phi) is 6.16. The van der Waals surface area contributed by atoms with Gasteiger partial charge < -0.3 is 9.50 Å². The number of imidazole rings is 1. The van der Waals surface area contributed by atoms with Crippen LogP contribution < -0.4 is 9.50 Å². The molecule has 0 bridgehead atoms. The minimum absolute atomic E-state index is 0.118. The Morgan fingerprint density at radius 3 is 2.18 bits per heavy atom. The summed E-state index contributed by atoms with van der Waals surface area (Å²) in [5.41, 5.74) is 2.47. The predicted molar refractivity (Wildman–Crippen MR) is 137 cm³/mol. The van der Waals surface area contributed by atoms with Crippen LogP contribution >= 0.6 is 0 Å². The number of benzene rings is 2. The Morgan fingerprint density at radius 1 is 0.882 bits per heavy atom. The maximum Gasteiger partial charge on any atom is 0.339 e. The summed E-state index contributed by atoms with van der Waals surface area (Å²) in [5.74, 6) is 1.15. The molecule has 7 heteroatoms. The molecule has 0 aliphatic carbocycles. The van der Waals surface area contributed by atoms with E-state index < -0.39 is 10.1 Å². The van der Waals surface area contributed by atoms with E-state index in [-0.39, 0.29) is 21.6 Å². The molecule has 0 fully saturated rings. The van der Waals surface area contributed by atoms with Crippen LogP contribution in [0, 0.1) is 5.41 Å². The van der Waals surface area contributed by atoms with E-state index in [2.05, 4.69) is 39.9 Å². The fourth-order valence-electron chi connectivity index (χ4n) is 4.44. The van der Waals surface area contributed by atoms with Gasteiger partial charge in [0.1, 0.15) is 27.8 Å². The van der Waals surface area contributed by atoms with Gasteiger partial charge >= 0.3 is 10.1 Å². The lowest BCUT2D eigenvalue weighted by Crippen LogP contribution is -2.36. The highest BCUT2D eigenvalue weighted by atomic mass is 32.2. The zero-order valence-electron chi connectivity index (χ0n) is 20.2. The molecule has 0 amide bonds. The molecule has 0 spiro atoms. The summed E-state index contributed by atoms with van der Waals surface area (Å²) in [5, 5.41) is 3.71. The number of hydrogen-bond donors (Lipinski definition) is 1. The predicted octanol–water partition coefficient (Wildman–Crippen LogP) is 6.40. The van der Waals surface area contributed by atoms with E-state index in [0.717, 1.165) is 29.1 Å². The maximum atomic E-state index is 12.6. The van der Waals surface area contributed by atoms with Gasteiger partial charge in [-0.05, 0) is 74.2 Å². The topological polar surface area (TPSA) is 72.7 Å². The molecule has 0 atom stereocenters. The van der Waals surface area contributed by atoms with Gasteiger partial charge in [0, 0.05) is 17.3 Å². The van der Waals surface area contributed by atoms with Crippen molar-refractivity contribution in [3.63, 3.8) is 0 Å². The highest BCUT2D eigenvalue weighted by Crippen LogP contribution is 2.35. The number of rotatable bonds is 7. The average molecular weight is 478 g/mol. The van der Waals surface area contributed by atoms with E-state index in [1.165, 1.54) is 12.1 Å². The highest BCUT2D eigenvalue weighted by molar-refractivity contribution is 7.87. The molecule has 2 aromatic heterocycles. The number of fused-ring (bicyclic) bond motifs is 1. The van der Waals surface area contributed by atoms with Crippen LogP contribution in [0.2, 0.25) is 0 Å². The van der Waals surface area contributed by atoms with E-state index in [0.29, 0.717) is 0 Å². The Bertz CT molecular complexity index is 1380. The minimum Gasteiger partial charge on any atom is -0.379 e. The summed E-state index contributed by atoms with van der Waals surface area (Å²) in [6.45, 7) is 11.1. The summed E-state index contributed by atoms with van der Waals surface area (Å²) in [6, 6.07) is 21.0. The van der Waals surface area contributed by atoms with Crippen LogP contribution in [-0.2, 0) is 10.1 Å². The molecule has 0 aliphatic rings. The van der Waals surface area contributed by atoms with Gasteiger partial charge in [-0.15, -0.1) is 0 Å². The number of hydrogen-bond acceptors (Lipinski definition) is 5. The number of aromatic nitrogens is 2. The van der Waals surface area contributed by atoms with Gasteiger partial charge in [0.05, 0.1) is 0 Å². The molecular weight excluding hydrogens is 446 g/mol. The van der Waals surface area contributed by atoms with Crippen molar-refractivity contribution < 1.29 is 12.6 Å². The van der Waals surface area contributed by atoms with E-state index in [1.54, 1.807) is 30.3 Å². The summed E-state index contributed by atoms with van der Waals surface area (Å²) in [7, 11) is -3.89. The van der Waals surface area contributed by atoms with Crippen LogP contribution in [0.5, 0.6) is 5.75 Å². The Balaban J connectivity index is 1.67. The number of anilines is 1. The lowest BCUT2D eigenvalue weighted by atomic mass is 9.82. The lowest BCUT2D eigenvalue weighted by molar-refractivity contribution is 0.302. The molecule has 178 valence electrons. The SMILES string of the molecule is CC(C)(C)CC(C)(C)Nc1c(-c2ccc(OS(=O)(=O)c3ccccc3)cc2)nc2ccccn12. The van der Waals surface area contributed by atoms with Crippen molar-refractivity contribution in [2.24, 2.45) is 5.41 Å².